The van der Waals surface area contributed by atoms with E-state index >= 15 is 0 Å². The predicted octanol–water partition coefficient (Wildman–Crippen LogP) is 2.80. The molecular weight excluding hydrogens is 298 g/mol. The molecule has 2 rings (SSSR count). The van der Waals surface area contributed by atoms with Crippen LogP contribution in [0.1, 0.15) is 38.3 Å². The lowest BCUT2D eigenvalue weighted by molar-refractivity contribution is -0.117. The molecule has 0 aromatic heterocycles. The molecule has 4 nitrogen and oxygen atoms in total. The molecule has 1 fully saturated rings. The van der Waals surface area contributed by atoms with E-state index in [0.29, 0.717) is 6.54 Å². The van der Waals surface area contributed by atoms with Crippen molar-refractivity contribution in [1.29, 1.82) is 0 Å². The summed E-state index contributed by atoms with van der Waals surface area (Å²) in [5.41, 5.74) is 3.28. The molecule has 1 amide bonds. The van der Waals surface area contributed by atoms with E-state index in [4.69, 9.17) is 0 Å². The van der Waals surface area contributed by atoms with Gasteiger partial charge in [0.15, 0.2) is 0 Å². The summed E-state index contributed by atoms with van der Waals surface area (Å²) in [6.07, 6.45) is 2.84. The van der Waals surface area contributed by atoms with E-state index in [9.17, 15) is 4.79 Å². The number of nitrogens with one attached hydrogen (secondary N) is 1. The Bertz CT molecular complexity index is 543. The molecule has 1 heterocycles. The van der Waals surface area contributed by atoms with E-state index in [1.807, 2.05) is 19.9 Å². The first-order chi connectivity index (χ1) is 11.6. The molecule has 1 aromatic rings. The molecule has 1 aromatic carbocycles. The van der Waals surface area contributed by atoms with Crippen LogP contribution >= 0.6 is 0 Å². The summed E-state index contributed by atoms with van der Waals surface area (Å²) >= 11 is 0. The summed E-state index contributed by atoms with van der Waals surface area (Å²) in [4.78, 5) is 16.9. The number of hydrogen-bond acceptors (Lipinski definition) is 3. The van der Waals surface area contributed by atoms with Gasteiger partial charge in [-0.15, -0.1) is 0 Å². The van der Waals surface area contributed by atoms with Crippen LogP contribution in [0.4, 0.5) is 0 Å². The highest BCUT2D eigenvalue weighted by Crippen LogP contribution is 2.10. The van der Waals surface area contributed by atoms with Crippen molar-refractivity contribution in [3.8, 4) is 0 Å². The van der Waals surface area contributed by atoms with Gasteiger partial charge in [0.1, 0.15) is 0 Å². The van der Waals surface area contributed by atoms with E-state index in [1.165, 1.54) is 18.7 Å². The molecule has 0 bridgehead atoms. The maximum atomic E-state index is 11.9. The van der Waals surface area contributed by atoms with Crippen molar-refractivity contribution in [2.75, 3.05) is 32.7 Å². The first kappa shape index (κ1) is 18.7. The zero-order valence-corrected chi connectivity index (χ0v) is 15.3. The van der Waals surface area contributed by atoms with E-state index in [-0.39, 0.29) is 5.91 Å². The average Bonchev–Trinajstić information content (AvgIpc) is 2.61. The van der Waals surface area contributed by atoms with Crippen molar-refractivity contribution in [1.82, 2.24) is 15.1 Å². The van der Waals surface area contributed by atoms with Gasteiger partial charge in [0.25, 0.3) is 0 Å². The molecule has 1 aliphatic heterocycles. The van der Waals surface area contributed by atoms with Crippen molar-refractivity contribution in [3.63, 3.8) is 0 Å². The maximum Gasteiger partial charge on any atom is 0.246 e. The number of benzene rings is 1. The SMILES string of the molecule is CC/C=C(/C)C(=O)NCc1ccc(CN2CCN(CC)CC2)cc1. The molecule has 132 valence electrons. The minimum atomic E-state index is 0.0229. The monoisotopic (exact) mass is 329 g/mol. The van der Waals surface area contributed by atoms with Crippen molar-refractivity contribution in [2.24, 2.45) is 0 Å². The Morgan fingerprint density at radius 1 is 1.04 bits per heavy atom. The number of rotatable bonds is 7. The van der Waals surface area contributed by atoms with Gasteiger partial charge in [-0.1, -0.05) is 44.2 Å². The van der Waals surface area contributed by atoms with Crippen molar-refractivity contribution in [3.05, 3.63) is 47.0 Å². The summed E-state index contributed by atoms with van der Waals surface area (Å²) in [5, 5.41) is 2.97. The molecule has 24 heavy (non-hydrogen) atoms. The molecule has 1 N–H and O–H groups in total. The second kappa shape index (κ2) is 9.60. The van der Waals surface area contributed by atoms with Gasteiger partial charge in [-0.2, -0.15) is 0 Å². The van der Waals surface area contributed by atoms with Gasteiger partial charge in [0, 0.05) is 44.8 Å². The van der Waals surface area contributed by atoms with E-state index in [0.717, 1.165) is 43.7 Å². The second-order valence-electron chi connectivity index (χ2n) is 6.50. The Morgan fingerprint density at radius 2 is 1.62 bits per heavy atom. The number of carbonyl (C=O) groups excluding carboxylic acids is 1. The van der Waals surface area contributed by atoms with Gasteiger partial charge in [-0.3, -0.25) is 9.69 Å². The topological polar surface area (TPSA) is 35.6 Å². The molecule has 0 radical (unpaired) electrons. The van der Waals surface area contributed by atoms with Crippen LogP contribution in [0.3, 0.4) is 0 Å². The highest BCUT2D eigenvalue weighted by atomic mass is 16.1. The zero-order valence-electron chi connectivity index (χ0n) is 15.3. The number of allylic oxidation sites excluding steroid dienone is 1. The largest absolute Gasteiger partial charge is 0.348 e. The first-order valence-electron chi connectivity index (χ1n) is 9.09. The van der Waals surface area contributed by atoms with Gasteiger partial charge in [0.05, 0.1) is 0 Å². The standard InChI is InChI=1S/C20H31N3O/c1-4-6-17(3)20(24)21-15-18-7-9-19(10-8-18)16-23-13-11-22(5-2)12-14-23/h6-10H,4-5,11-16H2,1-3H3,(H,21,24)/b17-6-. The average molecular weight is 329 g/mol. The van der Waals surface area contributed by atoms with E-state index in [1.54, 1.807) is 0 Å². The number of likely N-dealkylation sites (N-methyl/N-ethyl adjacent to an activating group) is 1. The number of amides is 1. The third-order valence-electron chi connectivity index (χ3n) is 4.66. The van der Waals surface area contributed by atoms with Gasteiger partial charge in [0.2, 0.25) is 5.91 Å². The predicted molar refractivity (Wildman–Crippen MR) is 99.7 cm³/mol. The van der Waals surface area contributed by atoms with E-state index in [2.05, 4.69) is 46.3 Å². The third kappa shape index (κ3) is 5.77. The number of carbonyl (C=O) groups is 1. The van der Waals surface area contributed by atoms with Crippen LogP contribution in [0.25, 0.3) is 0 Å². The van der Waals surface area contributed by atoms with Crippen LogP contribution in [-0.4, -0.2) is 48.4 Å². The Balaban J connectivity index is 1.79. The molecule has 0 saturated carbocycles. The minimum Gasteiger partial charge on any atom is -0.348 e. The summed E-state index contributed by atoms with van der Waals surface area (Å²) in [7, 11) is 0. The Kier molecular flexibility index (Phi) is 7.47. The fourth-order valence-corrected chi connectivity index (χ4v) is 3.01. The van der Waals surface area contributed by atoms with Crippen molar-refractivity contribution >= 4 is 5.91 Å². The lowest BCUT2D eigenvalue weighted by atomic mass is 10.1. The summed E-state index contributed by atoms with van der Waals surface area (Å²) in [6, 6.07) is 8.61. The number of piperazine rings is 1. The van der Waals surface area contributed by atoms with Crippen LogP contribution in [-0.2, 0) is 17.9 Å². The first-order valence-corrected chi connectivity index (χ1v) is 9.09. The Hall–Kier alpha value is -1.65. The van der Waals surface area contributed by atoms with E-state index < -0.39 is 0 Å². The molecule has 4 heteroatoms. The van der Waals surface area contributed by atoms with Crippen LogP contribution in [0.5, 0.6) is 0 Å². The Morgan fingerprint density at radius 3 is 2.21 bits per heavy atom. The minimum absolute atomic E-state index is 0.0229. The van der Waals surface area contributed by atoms with Crippen LogP contribution in [0.15, 0.2) is 35.9 Å². The summed E-state index contributed by atoms with van der Waals surface area (Å²) < 4.78 is 0. The number of nitrogens with zero attached hydrogens (tertiary/aromatic N) is 2. The van der Waals surface area contributed by atoms with Gasteiger partial charge in [-0.05, 0) is 31.0 Å². The van der Waals surface area contributed by atoms with Crippen LogP contribution < -0.4 is 5.32 Å². The molecule has 1 saturated heterocycles. The van der Waals surface area contributed by atoms with Crippen molar-refractivity contribution < 1.29 is 4.79 Å². The Labute approximate surface area is 146 Å². The number of hydrogen-bond donors (Lipinski definition) is 1. The molecule has 1 aliphatic rings. The maximum absolute atomic E-state index is 11.9. The third-order valence-corrected chi connectivity index (χ3v) is 4.66. The molecule has 0 spiro atoms. The molecule has 0 unspecified atom stereocenters. The van der Waals surface area contributed by atoms with Gasteiger partial charge >= 0.3 is 0 Å². The fourth-order valence-electron chi connectivity index (χ4n) is 3.01. The van der Waals surface area contributed by atoms with Crippen LogP contribution in [0.2, 0.25) is 0 Å². The smallest absolute Gasteiger partial charge is 0.246 e. The summed E-state index contributed by atoms with van der Waals surface area (Å²) in [5.74, 6) is 0.0229. The summed E-state index contributed by atoms with van der Waals surface area (Å²) in [6.45, 7) is 13.5. The molecule has 0 atom stereocenters. The second-order valence-corrected chi connectivity index (χ2v) is 6.50. The van der Waals surface area contributed by atoms with Crippen molar-refractivity contribution in [2.45, 2.75) is 40.3 Å². The highest BCUT2D eigenvalue weighted by Gasteiger charge is 2.15. The quantitative estimate of drug-likeness (QED) is 0.781. The molecule has 0 aliphatic carbocycles. The zero-order chi connectivity index (χ0) is 17.4. The lowest BCUT2D eigenvalue weighted by Gasteiger charge is -2.34. The normalized spacial score (nSPS) is 17.0. The highest BCUT2D eigenvalue weighted by molar-refractivity contribution is 5.92. The van der Waals surface area contributed by atoms with Crippen LogP contribution in [0, 0.1) is 0 Å². The lowest BCUT2D eigenvalue weighted by Crippen LogP contribution is -2.45. The molecular formula is C20H31N3O. The van der Waals surface area contributed by atoms with Gasteiger partial charge < -0.3 is 10.2 Å². The fraction of sp³-hybridized carbons (Fsp3) is 0.550. The van der Waals surface area contributed by atoms with Gasteiger partial charge in [-0.25, -0.2) is 0 Å².